The summed E-state index contributed by atoms with van der Waals surface area (Å²) in [5.41, 5.74) is 1.13. The molecule has 1 aliphatic heterocycles. The Morgan fingerprint density at radius 2 is 1.74 bits per heavy atom. The van der Waals surface area contributed by atoms with Crippen molar-refractivity contribution in [3.8, 4) is 0 Å². The smallest absolute Gasteiger partial charge is 0.306 e. The van der Waals surface area contributed by atoms with Crippen LogP contribution in [0.1, 0.15) is 55.9 Å². The molecule has 4 atom stereocenters. The predicted molar refractivity (Wildman–Crippen MR) is 162 cm³/mol. The quantitative estimate of drug-likeness (QED) is 0.258. The zero-order valence-corrected chi connectivity index (χ0v) is 25.6. The van der Waals surface area contributed by atoms with Crippen LogP contribution in [0.4, 0.5) is 10.1 Å². The maximum absolute atomic E-state index is 15.1. The summed E-state index contributed by atoms with van der Waals surface area (Å²) < 4.78 is 49.9. The molecular weight excluding hydrogens is 618 g/mol. The Hall–Kier alpha value is -3.18. The minimum absolute atomic E-state index is 0.106. The van der Waals surface area contributed by atoms with E-state index in [1.807, 2.05) is 0 Å². The SMILES string of the molecule is CCC(CN(c1ccccc1F)S(=O)(=O)C1CC1)N1C(=O)[C@@H](CC(=O)O)O[C@H](c2cccc(Cl)c2)[C@H]1c1ccc(Cl)cc1. The fourth-order valence-corrected chi connectivity index (χ4v) is 7.76. The molecule has 3 aromatic rings. The van der Waals surface area contributed by atoms with Gasteiger partial charge in [-0.1, -0.05) is 66.5 Å². The van der Waals surface area contributed by atoms with Crippen LogP contribution >= 0.6 is 23.2 Å². The van der Waals surface area contributed by atoms with Crippen LogP contribution in [-0.4, -0.2) is 54.2 Å². The second-order valence-electron chi connectivity index (χ2n) is 10.7. The van der Waals surface area contributed by atoms with Crippen molar-refractivity contribution in [2.45, 2.75) is 62.1 Å². The molecule has 0 radical (unpaired) electrons. The molecule has 0 bridgehead atoms. The molecule has 1 heterocycles. The van der Waals surface area contributed by atoms with Crippen LogP contribution in [0.25, 0.3) is 0 Å². The summed E-state index contributed by atoms with van der Waals surface area (Å²) in [5, 5.41) is 9.91. The molecule has 1 unspecified atom stereocenters. The van der Waals surface area contributed by atoms with Crippen molar-refractivity contribution in [2.75, 3.05) is 10.8 Å². The van der Waals surface area contributed by atoms with E-state index in [1.54, 1.807) is 61.5 Å². The number of rotatable bonds is 11. The highest BCUT2D eigenvalue weighted by atomic mass is 35.5. The summed E-state index contributed by atoms with van der Waals surface area (Å²) >= 11 is 12.5. The highest BCUT2D eigenvalue weighted by Gasteiger charge is 2.49. The van der Waals surface area contributed by atoms with Gasteiger partial charge < -0.3 is 14.7 Å². The molecule has 1 N–H and O–H groups in total. The first kappa shape index (κ1) is 31.3. The van der Waals surface area contributed by atoms with Gasteiger partial charge in [0, 0.05) is 10.0 Å². The Bertz CT molecular complexity index is 1600. The van der Waals surface area contributed by atoms with Crippen LogP contribution in [0.2, 0.25) is 10.0 Å². The predicted octanol–water partition coefficient (Wildman–Crippen LogP) is 6.39. The third-order valence-electron chi connectivity index (χ3n) is 7.79. The van der Waals surface area contributed by atoms with Crippen molar-refractivity contribution >= 4 is 50.8 Å². The molecule has 0 spiro atoms. The van der Waals surface area contributed by atoms with Gasteiger partial charge in [-0.2, -0.15) is 0 Å². The lowest BCUT2D eigenvalue weighted by molar-refractivity contribution is -0.183. The molecule has 0 aromatic heterocycles. The highest BCUT2D eigenvalue weighted by Crippen LogP contribution is 2.45. The number of nitrogens with zero attached hydrogens (tertiary/aromatic N) is 2. The lowest BCUT2D eigenvalue weighted by Crippen LogP contribution is -2.58. The number of morpholine rings is 1. The van der Waals surface area contributed by atoms with Crippen molar-refractivity contribution in [3.63, 3.8) is 0 Å². The number of carbonyl (C=O) groups is 2. The standard InChI is InChI=1S/C31H31Cl2FN2O6S/c1-2-23(18-35(43(40,41)24-14-15-24)26-9-4-3-8-25(26)34)36-29(19-10-12-21(32)13-11-19)30(20-6-5-7-22(33)16-20)42-27(31(36)39)17-28(37)38/h3-13,16,23-24,27,29-30H,2,14-15,17-18H2,1H3,(H,37,38)/t23?,27-,29-,30-/m1/s1. The molecule has 2 aliphatic rings. The average Bonchev–Trinajstić information content (AvgIpc) is 3.82. The van der Waals surface area contributed by atoms with Crippen LogP contribution in [0, 0.1) is 5.82 Å². The summed E-state index contributed by atoms with van der Waals surface area (Å²) in [7, 11) is -3.96. The maximum Gasteiger partial charge on any atom is 0.306 e. The number of anilines is 1. The van der Waals surface area contributed by atoms with E-state index in [0.717, 1.165) is 4.31 Å². The minimum atomic E-state index is -3.96. The first-order chi connectivity index (χ1) is 20.5. The van der Waals surface area contributed by atoms with E-state index >= 15 is 4.39 Å². The molecule has 12 heteroatoms. The first-order valence-corrected chi connectivity index (χ1v) is 16.2. The molecular formula is C31H31Cl2FN2O6S. The third-order valence-corrected chi connectivity index (χ3v) is 10.6. The van der Waals surface area contributed by atoms with Crippen molar-refractivity contribution < 1.29 is 32.2 Å². The van der Waals surface area contributed by atoms with Crippen molar-refractivity contribution in [3.05, 3.63) is 99.8 Å². The van der Waals surface area contributed by atoms with Crippen molar-refractivity contribution in [1.29, 1.82) is 0 Å². The normalized spacial score (nSPS) is 21.4. The fraction of sp³-hybridized carbons (Fsp3) is 0.355. The Kier molecular flexibility index (Phi) is 9.31. The topological polar surface area (TPSA) is 104 Å². The second kappa shape index (κ2) is 12.8. The van der Waals surface area contributed by atoms with E-state index < -0.39 is 63.7 Å². The Morgan fingerprint density at radius 3 is 2.35 bits per heavy atom. The molecule has 1 saturated heterocycles. The molecule has 8 nitrogen and oxygen atoms in total. The lowest BCUT2D eigenvalue weighted by Gasteiger charge is -2.48. The summed E-state index contributed by atoms with van der Waals surface area (Å²) in [6.07, 6.45) is -1.62. The number of hydrogen-bond donors (Lipinski definition) is 1. The summed E-state index contributed by atoms with van der Waals surface area (Å²) in [5.74, 6) is -2.54. The van der Waals surface area contributed by atoms with Crippen LogP contribution in [0.15, 0.2) is 72.8 Å². The number of amides is 1. The molecule has 1 aliphatic carbocycles. The zero-order chi connectivity index (χ0) is 30.9. The minimum Gasteiger partial charge on any atom is -0.481 e. The zero-order valence-electron chi connectivity index (χ0n) is 23.3. The van der Waals surface area contributed by atoms with Crippen LogP contribution < -0.4 is 4.31 Å². The van der Waals surface area contributed by atoms with Crippen molar-refractivity contribution in [1.82, 2.24) is 4.90 Å². The van der Waals surface area contributed by atoms with E-state index in [0.29, 0.717) is 34.0 Å². The number of aliphatic carboxylic acids is 1. The largest absolute Gasteiger partial charge is 0.481 e. The van der Waals surface area contributed by atoms with Crippen LogP contribution in [0.3, 0.4) is 0 Å². The average molecular weight is 650 g/mol. The lowest BCUT2D eigenvalue weighted by atomic mass is 9.89. The van der Waals surface area contributed by atoms with Gasteiger partial charge in [0.25, 0.3) is 5.91 Å². The number of sulfonamides is 1. The highest BCUT2D eigenvalue weighted by molar-refractivity contribution is 7.93. The summed E-state index contributed by atoms with van der Waals surface area (Å²) in [6, 6.07) is 17.7. The molecule has 1 saturated carbocycles. The molecule has 1 amide bonds. The number of carboxylic acid groups (broad SMARTS) is 1. The molecule has 2 fully saturated rings. The summed E-state index contributed by atoms with van der Waals surface area (Å²) in [6.45, 7) is 1.56. The second-order valence-corrected chi connectivity index (χ2v) is 13.7. The van der Waals surface area contributed by atoms with E-state index in [-0.39, 0.29) is 18.7 Å². The van der Waals surface area contributed by atoms with Gasteiger partial charge in [-0.3, -0.25) is 13.9 Å². The number of carboxylic acids is 1. The Labute approximate surface area is 260 Å². The monoisotopic (exact) mass is 648 g/mol. The van der Waals surface area contributed by atoms with Crippen LogP contribution in [0.5, 0.6) is 0 Å². The van der Waals surface area contributed by atoms with E-state index in [9.17, 15) is 23.1 Å². The van der Waals surface area contributed by atoms with Gasteiger partial charge in [-0.05, 0) is 66.8 Å². The number of para-hydroxylation sites is 1. The number of benzene rings is 3. The van der Waals surface area contributed by atoms with Crippen molar-refractivity contribution in [2.24, 2.45) is 0 Å². The van der Waals surface area contributed by atoms with Gasteiger partial charge in [0.2, 0.25) is 10.0 Å². The van der Waals surface area contributed by atoms with Gasteiger partial charge >= 0.3 is 5.97 Å². The number of halogens is 3. The van der Waals surface area contributed by atoms with Gasteiger partial charge in [-0.15, -0.1) is 0 Å². The Morgan fingerprint density at radius 1 is 1.05 bits per heavy atom. The van der Waals surface area contributed by atoms with E-state index in [1.165, 1.54) is 23.1 Å². The fourth-order valence-electron chi connectivity index (χ4n) is 5.54. The van der Waals surface area contributed by atoms with Crippen LogP contribution in [-0.2, 0) is 24.3 Å². The number of carbonyl (C=O) groups excluding carboxylic acids is 1. The van der Waals surface area contributed by atoms with E-state index in [4.69, 9.17) is 27.9 Å². The van der Waals surface area contributed by atoms with E-state index in [2.05, 4.69) is 0 Å². The third kappa shape index (κ3) is 6.67. The van der Waals surface area contributed by atoms with Gasteiger partial charge in [0.15, 0.2) is 0 Å². The van der Waals surface area contributed by atoms with Gasteiger partial charge in [0.1, 0.15) is 18.0 Å². The summed E-state index contributed by atoms with van der Waals surface area (Å²) in [4.78, 5) is 27.5. The number of hydrogen-bond acceptors (Lipinski definition) is 5. The first-order valence-electron chi connectivity index (χ1n) is 14.0. The Balaban J connectivity index is 1.66. The molecule has 43 heavy (non-hydrogen) atoms. The molecule has 3 aromatic carbocycles. The molecule has 5 rings (SSSR count). The molecule has 228 valence electrons. The van der Waals surface area contributed by atoms with Gasteiger partial charge in [0.05, 0.1) is 36.0 Å². The van der Waals surface area contributed by atoms with Gasteiger partial charge in [-0.25, -0.2) is 12.8 Å². The maximum atomic E-state index is 15.1. The number of ether oxygens (including phenoxy) is 1.